The van der Waals surface area contributed by atoms with Crippen molar-refractivity contribution in [2.45, 2.75) is 32.2 Å². The van der Waals surface area contributed by atoms with Crippen LogP contribution in [-0.4, -0.2) is 66.8 Å². The molecule has 0 radical (unpaired) electrons. The maximum Gasteiger partial charge on any atom is 0.280 e. The summed E-state index contributed by atoms with van der Waals surface area (Å²) in [5.41, 5.74) is 3.39. The molecule has 1 atom stereocenters. The Hall–Kier alpha value is -3.99. The molecule has 1 aromatic carbocycles. The molecular weight excluding hydrogens is 490 g/mol. The van der Waals surface area contributed by atoms with Gasteiger partial charge in [-0.25, -0.2) is 28.7 Å². The van der Waals surface area contributed by atoms with Crippen LogP contribution in [0.2, 0.25) is 0 Å². The number of hydrogen-bond donors (Lipinski definition) is 2. The van der Waals surface area contributed by atoms with Crippen molar-refractivity contribution in [3.63, 3.8) is 0 Å². The van der Waals surface area contributed by atoms with Crippen molar-refractivity contribution in [1.82, 2.24) is 34.7 Å². The molecule has 1 aliphatic heterocycles. The first-order chi connectivity index (χ1) is 18.4. The highest BCUT2D eigenvalue weighted by Crippen LogP contribution is 2.32. The molecule has 4 aromatic rings. The second-order valence-electron chi connectivity index (χ2n) is 9.86. The van der Waals surface area contributed by atoms with Crippen LogP contribution in [0.25, 0.3) is 22.3 Å². The third kappa shape index (κ3) is 5.06. The lowest BCUT2D eigenvalue weighted by molar-refractivity contribution is -0.134. The van der Waals surface area contributed by atoms with E-state index in [1.165, 1.54) is 6.07 Å². The molecule has 0 spiro atoms. The molecule has 4 heterocycles. The minimum absolute atomic E-state index is 0.181. The van der Waals surface area contributed by atoms with E-state index in [4.69, 9.17) is 0 Å². The minimum atomic E-state index is -2.66. The number of hydrogen-bond acceptors (Lipinski definition) is 7. The van der Waals surface area contributed by atoms with Crippen molar-refractivity contribution in [3.05, 3.63) is 60.2 Å². The number of fused-ring (bicyclic) bond motifs is 1. The molecule has 2 fully saturated rings. The Morgan fingerprint density at radius 2 is 1.87 bits per heavy atom. The average molecular weight is 519 g/mol. The lowest BCUT2D eigenvalue weighted by Gasteiger charge is -2.38. The molecule has 1 aliphatic carbocycles. The molecule has 11 heteroatoms. The van der Waals surface area contributed by atoms with Gasteiger partial charge in [0.2, 0.25) is 11.9 Å². The summed E-state index contributed by atoms with van der Waals surface area (Å²) in [6.07, 6.45) is 2.35. The van der Waals surface area contributed by atoms with Crippen molar-refractivity contribution in [2.75, 3.05) is 31.5 Å². The number of pyridine rings is 1. The molecule has 2 N–H and O–H groups in total. The fourth-order valence-electron chi connectivity index (χ4n) is 4.90. The fourth-order valence-corrected chi connectivity index (χ4v) is 4.90. The third-order valence-corrected chi connectivity index (χ3v) is 7.30. The maximum absolute atomic E-state index is 13.0. The van der Waals surface area contributed by atoms with Gasteiger partial charge in [0.25, 0.3) is 6.43 Å². The average Bonchev–Trinajstić information content (AvgIpc) is 3.72. The summed E-state index contributed by atoms with van der Waals surface area (Å²) in [5.74, 6) is 1.77. The van der Waals surface area contributed by atoms with Gasteiger partial charge >= 0.3 is 0 Å². The van der Waals surface area contributed by atoms with E-state index in [2.05, 4.69) is 42.1 Å². The minimum Gasteiger partial charge on any atom is -0.340 e. The SMILES string of the molecule is CC(c1ccnc(Nc2nc3ccc(-c4cc(C(F)F)ncn4)cc3[nH]2)c1)N1CCN(C(=O)C2CC2)CC1. The van der Waals surface area contributed by atoms with Gasteiger partial charge in [0.1, 0.15) is 17.8 Å². The molecule has 1 amide bonds. The quantitative estimate of drug-likeness (QED) is 0.365. The summed E-state index contributed by atoms with van der Waals surface area (Å²) in [4.78, 5) is 36.8. The van der Waals surface area contributed by atoms with Gasteiger partial charge in [0.15, 0.2) is 0 Å². The van der Waals surface area contributed by atoms with Gasteiger partial charge in [0, 0.05) is 49.9 Å². The maximum atomic E-state index is 13.0. The number of aromatic nitrogens is 5. The van der Waals surface area contributed by atoms with Gasteiger partial charge in [-0.05, 0) is 55.7 Å². The number of carbonyl (C=O) groups is 1. The van der Waals surface area contributed by atoms with Crippen LogP contribution >= 0.6 is 0 Å². The summed E-state index contributed by atoms with van der Waals surface area (Å²) in [6.45, 7) is 5.42. The zero-order chi connectivity index (χ0) is 26.2. The van der Waals surface area contributed by atoms with Gasteiger partial charge in [-0.1, -0.05) is 6.07 Å². The number of alkyl halides is 2. The predicted molar refractivity (Wildman–Crippen MR) is 139 cm³/mol. The van der Waals surface area contributed by atoms with Crippen molar-refractivity contribution in [2.24, 2.45) is 5.92 Å². The van der Waals surface area contributed by atoms with Crippen molar-refractivity contribution >= 4 is 28.7 Å². The summed E-state index contributed by atoms with van der Waals surface area (Å²) in [5, 5.41) is 3.24. The molecule has 1 saturated heterocycles. The summed E-state index contributed by atoms with van der Waals surface area (Å²) < 4.78 is 26.1. The highest BCUT2D eigenvalue weighted by molar-refractivity contribution is 5.83. The molecular formula is C27H28F2N8O. The smallest absolute Gasteiger partial charge is 0.280 e. The van der Waals surface area contributed by atoms with E-state index < -0.39 is 6.43 Å². The van der Waals surface area contributed by atoms with Crippen LogP contribution in [0.4, 0.5) is 20.5 Å². The Labute approximate surface area is 218 Å². The fraction of sp³-hybridized carbons (Fsp3) is 0.370. The van der Waals surface area contributed by atoms with E-state index in [-0.39, 0.29) is 17.7 Å². The van der Waals surface area contributed by atoms with Crippen molar-refractivity contribution < 1.29 is 13.6 Å². The number of benzene rings is 1. The first kappa shape index (κ1) is 24.4. The number of rotatable bonds is 7. The number of imidazole rings is 1. The molecule has 9 nitrogen and oxygen atoms in total. The number of halogens is 2. The number of nitrogens with one attached hydrogen (secondary N) is 2. The molecule has 1 saturated carbocycles. The predicted octanol–water partition coefficient (Wildman–Crippen LogP) is 4.71. The number of nitrogens with zero attached hydrogens (tertiary/aromatic N) is 6. The van der Waals surface area contributed by atoms with Gasteiger partial charge in [-0.15, -0.1) is 0 Å². The Kier molecular flexibility index (Phi) is 6.44. The van der Waals surface area contributed by atoms with Crippen LogP contribution in [0.3, 0.4) is 0 Å². The number of H-pyrrole nitrogens is 1. The molecule has 3 aromatic heterocycles. The van der Waals surface area contributed by atoms with E-state index >= 15 is 0 Å². The van der Waals surface area contributed by atoms with Gasteiger partial charge in [-0.3, -0.25) is 9.69 Å². The standard InChI is InChI=1S/C27H28F2N8O/c1-16(36-8-10-37(11-9-36)26(38)17-2-3-17)18-6-7-30-24(13-18)35-27-33-20-5-4-19(12-22(20)34-27)21-14-23(25(28)29)32-15-31-21/h4-7,12-17,25H,2-3,8-11H2,1H3,(H2,30,33,34,35). The zero-order valence-electron chi connectivity index (χ0n) is 20.9. The van der Waals surface area contributed by atoms with Gasteiger partial charge < -0.3 is 15.2 Å². The van der Waals surface area contributed by atoms with E-state index in [1.54, 1.807) is 12.3 Å². The number of amides is 1. The number of carbonyl (C=O) groups excluding carboxylic acids is 1. The molecule has 6 rings (SSSR count). The van der Waals surface area contributed by atoms with Crippen LogP contribution in [-0.2, 0) is 4.79 Å². The Morgan fingerprint density at radius 1 is 1.05 bits per heavy atom. The van der Waals surface area contributed by atoms with Crippen LogP contribution in [0.15, 0.2) is 48.9 Å². The number of aromatic amines is 1. The molecule has 196 valence electrons. The van der Waals surface area contributed by atoms with Gasteiger partial charge in [-0.2, -0.15) is 0 Å². The summed E-state index contributed by atoms with van der Waals surface area (Å²) in [6, 6.07) is 10.9. The molecule has 38 heavy (non-hydrogen) atoms. The summed E-state index contributed by atoms with van der Waals surface area (Å²) in [7, 11) is 0. The van der Waals surface area contributed by atoms with Crippen LogP contribution in [0.5, 0.6) is 0 Å². The van der Waals surface area contributed by atoms with E-state index in [9.17, 15) is 13.6 Å². The highest BCUT2D eigenvalue weighted by atomic mass is 19.3. The first-order valence-corrected chi connectivity index (χ1v) is 12.8. The normalized spacial score (nSPS) is 17.2. The highest BCUT2D eigenvalue weighted by Gasteiger charge is 2.35. The number of piperazine rings is 1. The lowest BCUT2D eigenvalue weighted by Crippen LogP contribution is -2.49. The topological polar surface area (TPSA) is 103 Å². The van der Waals surface area contributed by atoms with E-state index in [1.807, 2.05) is 29.2 Å². The Morgan fingerprint density at radius 3 is 2.63 bits per heavy atom. The summed E-state index contributed by atoms with van der Waals surface area (Å²) >= 11 is 0. The Balaban J connectivity index is 1.14. The molecule has 1 unspecified atom stereocenters. The molecule has 0 bridgehead atoms. The van der Waals surface area contributed by atoms with Crippen LogP contribution < -0.4 is 5.32 Å². The lowest BCUT2D eigenvalue weighted by atomic mass is 10.1. The number of anilines is 2. The van der Waals surface area contributed by atoms with E-state index in [0.29, 0.717) is 28.9 Å². The largest absolute Gasteiger partial charge is 0.340 e. The Bertz CT molecular complexity index is 1460. The van der Waals surface area contributed by atoms with Crippen LogP contribution in [0.1, 0.15) is 43.5 Å². The van der Waals surface area contributed by atoms with Crippen molar-refractivity contribution in [1.29, 1.82) is 0 Å². The second-order valence-corrected chi connectivity index (χ2v) is 9.86. The van der Waals surface area contributed by atoms with E-state index in [0.717, 1.165) is 61.9 Å². The van der Waals surface area contributed by atoms with Crippen LogP contribution in [0, 0.1) is 5.92 Å². The van der Waals surface area contributed by atoms with Crippen molar-refractivity contribution in [3.8, 4) is 11.3 Å². The first-order valence-electron chi connectivity index (χ1n) is 12.8. The monoisotopic (exact) mass is 518 g/mol. The third-order valence-electron chi connectivity index (χ3n) is 7.30. The molecule has 2 aliphatic rings. The second kappa shape index (κ2) is 10.1. The van der Waals surface area contributed by atoms with Gasteiger partial charge in [0.05, 0.1) is 16.7 Å². The zero-order valence-corrected chi connectivity index (χ0v) is 20.9.